The molecule has 0 saturated heterocycles. The summed E-state index contributed by atoms with van der Waals surface area (Å²) < 4.78 is 1.75. The number of benzene rings is 4. The van der Waals surface area contributed by atoms with Crippen molar-refractivity contribution in [2.24, 2.45) is 0 Å². The number of nitrogens with zero attached hydrogens (tertiary/aromatic N) is 2. The molecule has 0 atom stereocenters. The van der Waals surface area contributed by atoms with Gasteiger partial charge in [0.25, 0.3) is 5.56 Å². The van der Waals surface area contributed by atoms with E-state index in [1.54, 1.807) is 10.6 Å². The number of rotatable bonds is 9. The summed E-state index contributed by atoms with van der Waals surface area (Å²) in [4.78, 5) is 31.1. The lowest BCUT2D eigenvalue weighted by atomic mass is 10.0. The van der Waals surface area contributed by atoms with E-state index in [9.17, 15) is 9.59 Å². The van der Waals surface area contributed by atoms with E-state index in [-0.39, 0.29) is 11.5 Å². The molecule has 1 amide bonds. The second-order valence-corrected chi connectivity index (χ2v) is 10.0. The normalized spacial score (nSPS) is 11.0. The number of fused-ring (bicyclic) bond motifs is 1. The van der Waals surface area contributed by atoms with Crippen LogP contribution in [0.5, 0.6) is 0 Å². The Labute approximate surface area is 233 Å². The first-order chi connectivity index (χ1) is 19.0. The average molecular weight is 536 g/mol. The van der Waals surface area contributed by atoms with E-state index in [0.717, 1.165) is 34.5 Å². The second kappa shape index (κ2) is 12.1. The zero-order valence-corrected chi connectivity index (χ0v) is 22.6. The summed E-state index contributed by atoms with van der Waals surface area (Å²) >= 11 is 6.37. The van der Waals surface area contributed by atoms with Crippen molar-refractivity contribution < 1.29 is 4.79 Å². The van der Waals surface area contributed by atoms with Crippen LogP contribution in [-0.4, -0.2) is 15.5 Å². The first kappa shape index (κ1) is 26.4. The molecule has 0 unspecified atom stereocenters. The Bertz CT molecular complexity index is 1660. The molecule has 0 fully saturated rings. The maximum atomic E-state index is 13.7. The van der Waals surface area contributed by atoms with Gasteiger partial charge in [0.15, 0.2) is 0 Å². The fourth-order valence-corrected chi connectivity index (χ4v) is 4.96. The Morgan fingerprint density at radius 1 is 0.872 bits per heavy atom. The third-order valence-corrected chi connectivity index (χ3v) is 7.08. The van der Waals surface area contributed by atoms with E-state index in [2.05, 4.69) is 12.2 Å². The van der Waals surface area contributed by atoms with Crippen LogP contribution in [0.1, 0.15) is 36.7 Å². The second-order valence-electron chi connectivity index (χ2n) is 9.61. The van der Waals surface area contributed by atoms with Gasteiger partial charge in [-0.2, -0.15) is 0 Å². The van der Waals surface area contributed by atoms with Crippen molar-refractivity contribution in [3.63, 3.8) is 0 Å². The fourth-order valence-electron chi connectivity index (χ4n) is 4.72. The number of amides is 1. The Balaban J connectivity index is 1.39. The quantitative estimate of drug-likeness (QED) is 0.215. The van der Waals surface area contributed by atoms with E-state index in [0.29, 0.717) is 47.4 Å². The first-order valence-corrected chi connectivity index (χ1v) is 13.6. The predicted octanol–water partition coefficient (Wildman–Crippen LogP) is 7.29. The summed E-state index contributed by atoms with van der Waals surface area (Å²) in [6.07, 6.45) is 2.59. The van der Waals surface area contributed by atoms with Crippen LogP contribution in [-0.2, 0) is 24.2 Å². The smallest absolute Gasteiger partial charge is 0.261 e. The monoisotopic (exact) mass is 535 g/mol. The standard InChI is InChI=1S/C33H30ClN3O2/c1-2-8-31-36-30-19-18-26(35-32(38)20-15-23-9-4-3-5-10-23)21-28(30)33(39)37(31)22-24-13-16-25(17-14-24)27-11-6-7-12-29(27)34/h3-7,9-14,16-19,21H,2,8,15,20,22H2,1H3,(H,35,38). The number of carbonyl (C=O) groups is 1. The van der Waals surface area contributed by atoms with Crippen LogP contribution >= 0.6 is 11.6 Å². The van der Waals surface area contributed by atoms with Crippen LogP contribution in [0.4, 0.5) is 5.69 Å². The number of aryl methyl sites for hydroxylation is 2. The van der Waals surface area contributed by atoms with E-state index in [4.69, 9.17) is 16.6 Å². The molecular formula is C33H30ClN3O2. The molecule has 0 aliphatic rings. The first-order valence-electron chi connectivity index (χ1n) is 13.2. The van der Waals surface area contributed by atoms with Crippen molar-refractivity contribution in [1.82, 2.24) is 9.55 Å². The molecule has 196 valence electrons. The lowest BCUT2D eigenvalue weighted by molar-refractivity contribution is -0.116. The van der Waals surface area contributed by atoms with E-state index in [1.807, 2.05) is 91.0 Å². The molecule has 0 bridgehead atoms. The van der Waals surface area contributed by atoms with Crippen LogP contribution < -0.4 is 10.9 Å². The van der Waals surface area contributed by atoms with Crippen LogP contribution in [0.15, 0.2) is 102 Å². The number of nitrogens with one attached hydrogen (secondary N) is 1. The topological polar surface area (TPSA) is 64.0 Å². The zero-order valence-electron chi connectivity index (χ0n) is 21.9. The molecule has 4 aromatic carbocycles. The number of halogens is 1. The maximum absolute atomic E-state index is 13.7. The zero-order chi connectivity index (χ0) is 27.2. The van der Waals surface area contributed by atoms with Crippen molar-refractivity contribution in [2.45, 2.75) is 39.2 Å². The Morgan fingerprint density at radius 2 is 1.62 bits per heavy atom. The number of hydrogen-bond acceptors (Lipinski definition) is 3. The number of carbonyl (C=O) groups excluding carboxylic acids is 1. The van der Waals surface area contributed by atoms with Gasteiger partial charge in [-0.3, -0.25) is 14.2 Å². The average Bonchev–Trinajstić information content (AvgIpc) is 2.96. The molecule has 1 heterocycles. The molecule has 0 aliphatic heterocycles. The van der Waals surface area contributed by atoms with Crippen molar-refractivity contribution in [3.8, 4) is 11.1 Å². The van der Waals surface area contributed by atoms with Crippen LogP contribution in [0, 0.1) is 0 Å². The molecule has 6 heteroatoms. The lowest BCUT2D eigenvalue weighted by Gasteiger charge is -2.15. The minimum absolute atomic E-state index is 0.0901. The molecule has 39 heavy (non-hydrogen) atoms. The van der Waals surface area contributed by atoms with Crippen molar-refractivity contribution in [3.05, 3.63) is 129 Å². The Kier molecular flexibility index (Phi) is 8.18. The molecule has 5 rings (SSSR count). The molecular weight excluding hydrogens is 506 g/mol. The van der Waals surface area contributed by atoms with Gasteiger partial charge in [0.2, 0.25) is 5.91 Å². The highest BCUT2D eigenvalue weighted by Crippen LogP contribution is 2.28. The van der Waals surface area contributed by atoms with Gasteiger partial charge in [0.1, 0.15) is 5.82 Å². The molecule has 1 aromatic heterocycles. The summed E-state index contributed by atoms with van der Waals surface area (Å²) in [7, 11) is 0. The Morgan fingerprint density at radius 3 is 2.36 bits per heavy atom. The van der Waals surface area contributed by atoms with Gasteiger partial charge < -0.3 is 5.32 Å². The fraction of sp³-hybridized carbons (Fsp3) is 0.182. The van der Waals surface area contributed by atoms with Gasteiger partial charge in [-0.15, -0.1) is 0 Å². The lowest BCUT2D eigenvalue weighted by Crippen LogP contribution is -2.26. The number of anilines is 1. The van der Waals surface area contributed by atoms with Crippen molar-refractivity contribution in [2.75, 3.05) is 5.32 Å². The number of hydrogen-bond donors (Lipinski definition) is 1. The number of aromatic nitrogens is 2. The van der Waals surface area contributed by atoms with Crippen LogP contribution in [0.25, 0.3) is 22.0 Å². The van der Waals surface area contributed by atoms with Gasteiger partial charge in [-0.05, 0) is 53.8 Å². The van der Waals surface area contributed by atoms with Gasteiger partial charge in [-0.1, -0.05) is 91.3 Å². The highest BCUT2D eigenvalue weighted by molar-refractivity contribution is 6.33. The summed E-state index contributed by atoms with van der Waals surface area (Å²) in [6, 6.07) is 31.1. The van der Waals surface area contributed by atoms with Crippen molar-refractivity contribution >= 4 is 34.1 Å². The maximum Gasteiger partial charge on any atom is 0.261 e. The third kappa shape index (κ3) is 6.27. The summed E-state index contributed by atoms with van der Waals surface area (Å²) in [6.45, 7) is 2.49. The van der Waals surface area contributed by atoms with E-state index >= 15 is 0 Å². The third-order valence-electron chi connectivity index (χ3n) is 6.75. The van der Waals surface area contributed by atoms with Crippen LogP contribution in [0.3, 0.4) is 0 Å². The van der Waals surface area contributed by atoms with Crippen molar-refractivity contribution in [1.29, 1.82) is 0 Å². The van der Waals surface area contributed by atoms with E-state index in [1.165, 1.54) is 0 Å². The highest BCUT2D eigenvalue weighted by atomic mass is 35.5. The molecule has 5 nitrogen and oxygen atoms in total. The molecule has 0 spiro atoms. The highest BCUT2D eigenvalue weighted by Gasteiger charge is 2.13. The van der Waals surface area contributed by atoms with E-state index < -0.39 is 0 Å². The summed E-state index contributed by atoms with van der Waals surface area (Å²) in [5.41, 5.74) is 5.22. The Hall–Kier alpha value is -4.22. The van der Waals surface area contributed by atoms with Gasteiger partial charge in [-0.25, -0.2) is 4.98 Å². The van der Waals surface area contributed by atoms with Gasteiger partial charge in [0.05, 0.1) is 17.4 Å². The molecule has 1 N–H and O–H groups in total. The van der Waals surface area contributed by atoms with Gasteiger partial charge >= 0.3 is 0 Å². The summed E-state index contributed by atoms with van der Waals surface area (Å²) in [5.74, 6) is 0.664. The molecule has 5 aromatic rings. The molecule has 0 aliphatic carbocycles. The van der Waals surface area contributed by atoms with Gasteiger partial charge in [0, 0.05) is 29.1 Å². The molecule has 0 saturated carbocycles. The SMILES string of the molecule is CCCc1nc2ccc(NC(=O)CCc3ccccc3)cc2c(=O)n1Cc1ccc(-c2ccccc2Cl)cc1. The molecule has 0 radical (unpaired) electrons. The minimum Gasteiger partial charge on any atom is -0.326 e. The summed E-state index contributed by atoms with van der Waals surface area (Å²) in [5, 5.41) is 4.13. The minimum atomic E-state index is -0.112. The predicted molar refractivity (Wildman–Crippen MR) is 159 cm³/mol. The van der Waals surface area contributed by atoms with Crippen LogP contribution in [0.2, 0.25) is 5.02 Å². The largest absolute Gasteiger partial charge is 0.326 e.